The van der Waals surface area contributed by atoms with E-state index >= 15 is 0 Å². The third kappa shape index (κ3) is 5.49. The molecule has 43 heavy (non-hydrogen) atoms. The summed E-state index contributed by atoms with van der Waals surface area (Å²) in [6, 6.07) is 15.2. The van der Waals surface area contributed by atoms with Crippen molar-refractivity contribution >= 4 is 0 Å². The van der Waals surface area contributed by atoms with E-state index in [0.717, 1.165) is 11.8 Å². The fraction of sp³-hybridized carbons (Fsp3) is 0.619. The Morgan fingerprint density at radius 1 is 0.698 bits per heavy atom. The first-order valence-corrected chi connectivity index (χ1v) is 17.3. The molecule has 4 aliphatic carbocycles. The molecule has 2 unspecified atom stereocenters. The molecule has 230 valence electrons. The van der Waals surface area contributed by atoms with Crippen molar-refractivity contribution < 1.29 is 26.2 Å². The maximum atomic E-state index is 2.74. The average molecular weight is 654 g/mol. The van der Waals surface area contributed by atoms with Crippen LogP contribution in [0.15, 0.2) is 59.2 Å². The predicted octanol–water partition coefficient (Wildman–Crippen LogP) is 12.3. The molecule has 0 aromatic heterocycles. The third-order valence-corrected chi connectivity index (χ3v) is 12.0. The Morgan fingerprint density at radius 3 is 1.65 bits per heavy atom. The fourth-order valence-corrected chi connectivity index (χ4v) is 9.34. The molecule has 2 aromatic rings. The molecule has 6 rings (SSSR count). The van der Waals surface area contributed by atoms with Crippen molar-refractivity contribution in [3.63, 3.8) is 0 Å². The van der Waals surface area contributed by atoms with E-state index in [1.807, 2.05) is 5.57 Å². The van der Waals surface area contributed by atoms with Crippen LogP contribution in [0, 0.1) is 28.6 Å². The molecule has 0 spiro atoms. The summed E-state index contributed by atoms with van der Waals surface area (Å²) in [6.45, 7) is 26.6. The molecule has 1 heteroatoms. The van der Waals surface area contributed by atoms with Crippen LogP contribution in [-0.2, 0) is 37.0 Å². The van der Waals surface area contributed by atoms with E-state index in [9.17, 15) is 0 Å². The van der Waals surface area contributed by atoms with E-state index in [1.54, 1.807) is 22.3 Å². The molecule has 0 N–H and O–H groups in total. The zero-order chi connectivity index (χ0) is 30.4. The van der Waals surface area contributed by atoms with Gasteiger partial charge in [-0.3, -0.25) is 0 Å². The van der Waals surface area contributed by atoms with E-state index in [4.69, 9.17) is 0 Å². The summed E-state index contributed by atoms with van der Waals surface area (Å²) in [4.78, 5) is 0. The molecule has 2 atom stereocenters. The summed E-state index contributed by atoms with van der Waals surface area (Å²) in [7, 11) is 0. The number of hydrogen-bond acceptors (Lipinski definition) is 0. The van der Waals surface area contributed by atoms with Gasteiger partial charge in [0.25, 0.3) is 0 Å². The number of allylic oxidation sites excluding steroid dienone is 4. The van der Waals surface area contributed by atoms with Crippen molar-refractivity contribution in [1.29, 1.82) is 0 Å². The number of hydrogen-bond donors (Lipinski definition) is 0. The Kier molecular flexibility index (Phi) is 8.68. The Labute approximate surface area is 283 Å². The number of benzene rings is 2. The molecule has 0 heterocycles. The van der Waals surface area contributed by atoms with Crippen LogP contribution < -0.4 is 0 Å². The first kappa shape index (κ1) is 33.2. The van der Waals surface area contributed by atoms with Gasteiger partial charge >= 0.3 is 0 Å². The van der Waals surface area contributed by atoms with Gasteiger partial charge in [-0.25, -0.2) is 0 Å². The van der Waals surface area contributed by atoms with Crippen molar-refractivity contribution in [2.75, 3.05) is 0 Å². The molecule has 0 nitrogen and oxygen atoms in total. The zero-order valence-corrected chi connectivity index (χ0v) is 31.8. The van der Waals surface area contributed by atoms with Crippen LogP contribution in [0.3, 0.4) is 0 Å². The first-order chi connectivity index (χ1) is 19.5. The molecule has 0 radical (unpaired) electrons. The van der Waals surface area contributed by atoms with Crippen molar-refractivity contribution in [2.45, 2.75) is 138 Å². The molecule has 4 aliphatic rings. The maximum absolute atomic E-state index is 2.74. The molecule has 0 bridgehead atoms. The van der Waals surface area contributed by atoms with Gasteiger partial charge in [0.1, 0.15) is 0 Å². The number of rotatable bonds is 3. The average Bonchev–Trinajstić information content (AvgIpc) is 3.57. The SMILES string of the molecule is CC(C)C1(C2c3ccc(C(C)(C)C)cc3-c3cc(C(C)(C)C)ccc32)CC(C2CCCCC2)C2=C1C=C(C(C)(C)C)C2.[Zr]. The summed E-state index contributed by atoms with van der Waals surface area (Å²) < 4.78 is 0. The van der Waals surface area contributed by atoms with E-state index in [1.165, 1.54) is 67.2 Å². The van der Waals surface area contributed by atoms with Gasteiger partial charge in [-0.1, -0.05) is 149 Å². The van der Waals surface area contributed by atoms with Crippen molar-refractivity contribution in [3.05, 3.63) is 81.4 Å². The van der Waals surface area contributed by atoms with Gasteiger partial charge in [-0.2, -0.15) is 0 Å². The van der Waals surface area contributed by atoms with Crippen LogP contribution in [0.2, 0.25) is 0 Å². The summed E-state index contributed by atoms with van der Waals surface area (Å²) in [5.41, 5.74) is 15.0. The van der Waals surface area contributed by atoms with E-state index in [0.29, 0.717) is 11.8 Å². The summed E-state index contributed by atoms with van der Waals surface area (Å²) in [5, 5.41) is 0. The van der Waals surface area contributed by atoms with Crippen LogP contribution in [0.4, 0.5) is 0 Å². The summed E-state index contributed by atoms with van der Waals surface area (Å²) >= 11 is 0. The largest absolute Gasteiger partial charge is 0.0619 e. The number of fused-ring (bicyclic) bond motifs is 3. The van der Waals surface area contributed by atoms with Crippen LogP contribution in [0.25, 0.3) is 11.1 Å². The maximum Gasteiger partial charge on any atom is 0.0201 e. The smallest absolute Gasteiger partial charge is 0.0201 e. The van der Waals surface area contributed by atoms with Gasteiger partial charge in [-0.15, -0.1) is 0 Å². The second kappa shape index (κ2) is 11.3. The molecule has 0 aliphatic heterocycles. The molecule has 2 aromatic carbocycles. The van der Waals surface area contributed by atoms with Gasteiger partial charge in [0.15, 0.2) is 0 Å². The molecular weight excluding hydrogens is 596 g/mol. The molecule has 0 amide bonds. The van der Waals surface area contributed by atoms with Gasteiger partial charge in [0, 0.05) is 37.5 Å². The van der Waals surface area contributed by atoms with Gasteiger partial charge in [-0.05, 0) is 98.6 Å². The zero-order valence-electron chi connectivity index (χ0n) is 29.3. The summed E-state index contributed by atoms with van der Waals surface area (Å²) in [5.74, 6) is 2.60. The third-order valence-electron chi connectivity index (χ3n) is 12.0. The Bertz CT molecular complexity index is 1370. The predicted molar refractivity (Wildman–Crippen MR) is 182 cm³/mol. The van der Waals surface area contributed by atoms with Gasteiger partial charge < -0.3 is 0 Å². The monoisotopic (exact) mass is 652 g/mol. The van der Waals surface area contributed by atoms with Crippen molar-refractivity contribution in [2.24, 2.45) is 28.6 Å². The normalized spacial score (nSPS) is 24.7. The standard InChI is InChI=1S/C42H58.Zr/c1-26(2)42(25-36(27-15-13-12-14-16-27)35-23-30(24-37(35)42)41(9,10)11)38-31-19-17-28(39(3,4)5)21-33(31)34-22-29(40(6,7)8)18-20-32(34)38;/h17-22,24,26-27,36,38H,12-16,23,25H2,1-11H3;. The molecule has 1 saturated carbocycles. The minimum Gasteiger partial charge on any atom is -0.0619 e. The topological polar surface area (TPSA) is 0 Å². The first-order valence-electron chi connectivity index (χ1n) is 17.3. The van der Waals surface area contributed by atoms with Crippen LogP contribution >= 0.6 is 0 Å². The van der Waals surface area contributed by atoms with E-state index < -0.39 is 0 Å². The van der Waals surface area contributed by atoms with Gasteiger partial charge in [0.05, 0.1) is 0 Å². The van der Waals surface area contributed by atoms with Crippen LogP contribution in [-0.4, -0.2) is 0 Å². The van der Waals surface area contributed by atoms with E-state index in [-0.39, 0.29) is 47.9 Å². The second-order valence-corrected chi connectivity index (χ2v) is 18.0. The minimum absolute atomic E-state index is 0. The molecule has 1 fully saturated rings. The van der Waals surface area contributed by atoms with Gasteiger partial charge in [0.2, 0.25) is 0 Å². The quantitative estimate of drug-likeness (QED) is 0.309. The van der Waals surface area contributed by atoms with Crippen molar-refractivity contribution in [1.82, 2.24) is 0 Å². The van der Waals surface area contributed by atoms with Crippen LogP contribution in [0.5, 0.6) is 0 Å². The van der Waals surface area contributed by atoms with Crippen LogP contribution in [0.1, 0.15) is 149 Å². The second-order valence-electron chi connectivity index (χ2n) is 18.0. The molecule has 0 saturated heterocycles. The fourth-order valence-electron chi connectivity index (χ4n) is 9.34. The van der Waals surface area contributed by atoms with E-state index in [2.05, 4.69) is 119 Å². The van der Waals surface area contributed by atoms with Crippen molar-refractivity contribution in [3.8, 4) is 11.1 Å². The minimum atomic E-state index is 0. The Morgan fingerprint density at radius 2 is 1.21 bits per heavy atom. The summed E-state index contributed by atoms with van der Waals surface area (Å²) in [6.07, 6.45) is 12.4. The Balaban J connectivity index is 0.00000368. The Hall–Kier alpha value is -1.20. The molecular formula is C42H58Zr.